The van der Waals surface area contributed by atoms with Gasteiger partial charge in [-0.2, -0.15) is 0 Å². The third-order valence-corrected chi connectivity index (χ3v) is 4.67. The quantitative estimate of drug-likeness (QED) is 0.709. The molecule has 4 atom stereocenters. The highest BCUT2D eigenvalue weighted by atomic mass is 16.7. The van der Waals surface area contributed by atoms with Crippen LogP contribution in [0.5, 0.6) is 0 Å². The summed E-state index contributed by atoms with van der Waals surface area (Å²) in [5.74, 6) is 0. The number of fused-ring (bicyclic) bond motifs is 1. The Balaban J connectivity index is 2.31. The summed E-state index contributed by atoms with van der Waals surface area (Å²) in [6.45, 7) is 12.4. The van der Waals surface area contributed by atoms with Crippen molar-refractivity contribution < 1.29 is 18.6 Å². The first kappa shape index (κ1) is 14.4. The van der Waals surface area contributed by atoms with Gasteiger partial charge < -0.3 is 18.6 Å². The predicted molar refractivity (Wildman–Crippen MR) is 72.5 cm³/mol. The molecule has 18 heavy (non-hydrogen) atoms. The molecule has 2 heterocycles. The van der Waals surface area contributed by atoms with Crippen LogP contribution in [0.1, 0.15) is 41.5 Å². The Kier molecular flexibility index (Phi) is 3.85. The molecule has 6 heteroatoms. The van der Waals surface area contributed by atoms with Gasteiger partial charge in [-0.05, 0) is 40.3 Å². The lowest BCUT2D eigenvalue weighted by molar-refractivity contribution is -0.253. The summed E-state index contributed by atoms with van der Waals surface area (Å²) >= 11 is 0. The fourth-order valence-corrected chi connectivity index (χ4v) is 2.91. The highest BCUT2D eigenvalue weighted by Crippen LogP contribution is 2.46. The molecular weight excluding hydrogens is 230 g/mol. The van der Waals surface area contributed by atoms with Gasteiger partial charge in [0.25, 0.3) is 0 Å². The van der Waals surface area contributed by atoms with E-state index in [1.54, 1.807) is 0 Å². The summed E-state index contributed by atoms with van der Waals surface area (Å²) in [7, 11) is -0.350. The zero-order valence-electron chi connectivity index (χ0n) is 12.4. The maximum absolute atomic E-state index is 6.13. The Morgan fingerprint density at radius 1 is 0.833 bits per heavy atom. The van der Waals surface area contributed by atoms with Crippen LogP contribution < -0.4 is 0 Å². The van der Waals surface area contributed by atoms with Gasteiger partial charge in [0.15, 0.2) is 0 Å². The second-order valence-electron chi connectivity index (χ2n) is 5.68. The summed E-state index contributed by atoms with van der Waals surface area (Å²) < 4.78 is 24.1. The average Bonchev–Trinajstić information content (AvgIpc) is 2.33. The van der Waals surface area contributed by atoms with Crippen molar-refractivity contribution in [3.8, 4) is 0 Å². The molecular formula is C12H24B2O4. The normalized spacial score (nSPS) is 45.0. The lowest BCUT2D eigenvalue weighted by Gasteiger charge is -2.60. The molecule has 2 rings (SSSR count). The number of hydrogen-bond acceptors (Lipinski definition) is 4. The van der Waals surface area contributed by atoms with E-state index in [0.717, 1.165) is 12.6 Å². The standard InChI is InChI=1S/C12H24B2O4/c1-7-13-15-9(3)12(6)11(5,17-13)10(4)16-14(8-2)18-12/h9-10H,7-8H2,1-6H3/t9-,10+,11-,12+. The summed E-state index contributed by atoms with van der Waals surface area (Å²) in [5.41, 5.74) is -0.950. The molecule has 2 saturated heterocycles. The predicted octanol–water partition coefficient (Wildman–Crippen LogP) is 2.39. The first-order valence-corrected chi connectivity index (χ1v) is 7.04. The molecule has 0 bridgehead atoms. The van der Waals surface area contributed by atoms with Gasteiger partial charge in [0.1, 0.15) is 11.2 Å². The van der Waals surface area contributed by atoms with Crippen LogP contribution in [0.25, 0.3) is 0 Å². The minimum Gasteiger partial charge on any atom is -0.406 e. The summed E-state index contributed by atoms with van der Waals surface area (Å²) in [4.78, 5) is 0. The maximum atomic E-state index is 6.13. The Labute approximate surface area is 111 Å². The lowest BCUT2D eigenvalue weighted by Crippen LogP contribution is -2.75. The zero-order chi connectivity index (χ0) is 13.6. The Hall–Kier alpha value is -0.0301. The molecule has 0 spiro atoms. The van der Waals surface area contributed by atoms with Crippen molar-refractivity contribution in [3.63, 3.8) is 0 Å². The fourth-order valence-electron chi connectivity index (χ4n) is 2.91. The monoisotopic (exact) mass is 254 g/mol. The van der Waals surface area contributed by atoms with Crippen LogP contribution >= 0.6 is 0 Å². The second kappa shape index (κ2) is 4.82. The molecule has 4 nitrogen and oxygen atoms in total. The van der Waals surface area contributed by atoms with E-state index in [0.29, 0.717) is 0 Å². The van der Waals surface area contributed by atoms with Gasteiger partial charge in [0, 0.05) is 0 Å². The summed E-state index contributed by atoms with van der Waals surface area (Å²) in [6.07, 6.45) is 1.64. The van der Waals surface area contributed by atoms with Gasteiger partial charge >= 0.3 is 14.2 Å². The molecule has 0 N–H and O–H groups in total. The topological polar surface area (TPSA) is 36.9 Å². The van der Waals surface area contributed by atoms with Gasteiger partial charge in [-0.1, -0.05) is 13.8 Å². The van der Waals surface area contributed by atoms with E-state index < -0.39 is 11.2 Å². The molecule has 0 saturated carbocycles. The summed E-state index contributed by atoms with van der Waals surface area (Å²) in [5, 5.41) is 0. The van der Waals surface area contributed by atoms with E-state index in [1.807, 2.05) is 0 Å². The number of hydrogen-bond donors (Lipinski definition) is 0. The third-order valence-electron chi connectivity index (χ3n) is 4.67. The largest absolute Gasteiger partial charge is 0.457 e. The Morgan fingerprint density at radius 3 is 1.44 bits per heavy atom. The molecule has 0 aromatic rings. The Morgan fingerprint density at radius 2 is 1.17 bits per heavy atom. The highest BCUT2D eigenvalue weighted by molar-refractivity contribution is 6.46. The van der Waals surface area contributed by atoms with E-state index in [2.05, 4.69) is 41.5 Å². The molecule has 0 radical (unpaired) electrons. The zero-order valence-corrected chi connectivity index (χ0v) is 12.4. The van der Waals surface area contributed by atoms with Crippen molar-refractivity contribution in [2.24, 2.45) is 0 Å². The number of rotatable bonds is 2. The first-order chi connectivity index (χ1) is 8.37. The Bertz CT molecular complexity index is 286. The minimum absolute atomic E-state index is 0.0124. The van der Waals surface area contributed by atoms with Crippen LogP contribution in [-0.4, -0.2) is 37.6 Å². The van der Waals surface area contributed by atoms with Gasteiger partial charge in [-0.3, -0.25) is 0 Å². The van der Waals surface area contributed by atoms with Crippen molar-refractivity contribution in [3.05, 3.63) is 0 Å². The molecule has 0 unspecified atom stereocenters. The highest BCUT2D eigenvalue weighted by Gasteiger charge is 2.63. The van der Waals surface area contributed by atoms with E-state index >= 15 is 0 Å². The van der Waals surface area contributed by atoms with Gasteiger partial charge in [-0.25, -0.2) is 0 Å². The molecule has 0 amide bonds. The van der Waals surface area contributed by atoms with E-state index in [9.17, 15) is 0 Å². The lowest BCUT2D eigenvalue weighted by atomic mass is 9.66. The fraction of sp³-hybridized carbons (Fsp3) is 1.00. The molecule has 2 fully saturated rings. The minimum atomic E-state index is -0.475. The van der Waals surface area contributed by atoms with Crippen LogP contribution in [0, 0.1) is 0 Å². The second-order valence-corrected chi connectivity index (χ2v) is 5.68. The van der Waals surface area contributed by atoms with Crippen LogP contribution in [-0.2, 0) is 18.6 Å². The smallest absolute Gasteiger partial charge is 0.406 e. The SMILES string of the molecule is CCB1O[C@@H](C)[C@@]2(C)OB(CC)O[C@H](C)[C@]2(C)O1. The van der Waals surface area contributed by atoms with E-state index in [1.165, 1.54) is 0 Å². The third kappa shape index (κ3) is 1.94. The van der Waals surface area contributed by atoms with Crippen LogP contribution in [0.2, 0.25) is 12.6 Å². The first-order valence-electron chi connectivity index (χ1n) is 7.04. The molecule has 0 aliphatic carbocycles. The van der Waals surface area contributed by atoms with Crippen molar-refractivity contribution in [1.29, 1.82) is 0 Å². The van der Waals surface area contributed by atoms with Gasteiger partial charge in [0.05, 0.1) is 12.2 Å². The molecule has 2 aliphatic rings. The van der Waals surface area contributed by atoms with Crippen LogP contribution in [0.3, 0.4) is 0 Å². The van der Waals surface area contributed by atoms with Crippen LogP contribution in [0.4, 0.5) is 0 Å². The van der Waals surface area contributed by atoms with Crippen molar-refractivity contribution in [1.82, 2.24) is 0 Å². The molecule has 102 valence electrons. The molecule has 0 aromatic carbocycles. The van der Waals surface area contributed by atoms with Crippen molar-refractivity contribution in [2.75, 3.05) is 0 Å². The molecule has 2 aliphatic heterocycles. The maximum Gasteiger partial charge on any atom is 0.457 e. The van der Waals surface area contributed by atoms with Gasteiger partial charge in [0.2, 0.25) is 0 Å². The van der Waals surface area contributed by atoms with Crippen molar-refractivity contribution >= 4 is 14.2 Å². The van der Waals surface area contributed by atoms with E-state index in [4.69, 9.17) is 18.6 Å². The van der Waals surface area contributed by atoms with Gasteiger partial charge in [-0.15, -0.1) is 0 Å². The summed E-state index contributed by atoms with van der Waals surface area (Å²) in [6, 6.07) is 0. The molecule has 0 aromatic heterocycles. The van der Waals surface area contributed by atoms with E-state index in [-0.39, 0.29) is 26.4 Å². The van der Waals surface area contributed by atoms with Crippen molar-refractivity contribution in [2.45, 2.75) is 77.6 Å². The van der Waals surface area contributed by atoms with Crippen LogP contribution in [0.15, 0.2) is 0 Å². The average molecular weight is 254 g/mol.